The van der Waals surface area contributed by atoms with Gasteiger partial charge in [0.15, 0.2) is 0 Å². The Morgan fingerprint density at radius 3 is 2.35 bits per heavy atom. The number of amides is 2. The van der Waals surface area contributed by atoms with Crippen molar-refractivity contribution in [2.24, 2.45) is 5.92 Å². The summed E-state index contributed by atoms with van der Waals surface area (Å²) in [7, 11) is -3.57. The second-order valence-electron chi connectivity index (χ2n) is 8.68. The number of aromatic amines is 1. The minimum Gasteiger partial charge on any atom is -0.356 e. The van der Waals surface area contributed by atoms with E-state index in [0.717, 1.165) is 50.0 Å². The van der Waals surface area contributed by atoms with Crippen LogP contribution in [0.15, 0.2) is 17.2 Å². The molecule has 0 radical (unpaired) electrons. The van der Waals surface area contributed by atoms with Crippen LogP contribution in [0.25, 0.3) is 0 Å². The highest BCUT2D eigenvalue weighted by Crippen LogP contribution is 2.25. The third-order valence-corrected chi connectivity index (χ3v) is 9.42. The van der Waals surface area contributed by atoms with Crippen LogP contribution in [0.1, 0.15) is 55.4 Å². The number of nitrogens with zero attached hydrogens (tertiary/aromatic N) is 2. The highest BCUT2D eigenvalue weighted by Gasteiger charge is 2.31. The highest BCUT2D eigenvalue weighted by molar-refractivity contribution is 7.99. The van der Waals surface area contributed by atoms with Crippen molar-refractivity contribution in [3.63, 3.8) is 0 Å². The molecule has 0 atom stereocenters. The molecule has 4 rings (SSSR count). The van der Waals surface area contributed by atoms with Gasteiger partial charge in [0.05, 0.1) is 0 Å². The fourth-order valence-corrected chi connectivity index (χ4v) is 7.23. The Balaban J connectivity index is 1.30. The lowest BCUT2D eigenvalue weighted by Gasteiger charge is -2.33. The van der Waals surface area contributed by atoms with Gasteiger partial charge in [-0.3, -0.25) is 9.59 Å². The van der Waals surface area contributed by atoms with E-state index in [1.807, 2.05) is 0 Å². The second-order valence-corrected chi connectivity index (χ2v) is 11.8. The number of carbonyl (C=O) groups excluding carboxylic acids is 2. The summed E-state index contributed by atoms with van der Waals surface area (Å²) < 4.78 is 27.1. The van der Waals surface area contributed by atoms with Crippen LogP contribution in [-0.4, -0.2) is 78.1 Å². The summed E-state index contributed by atoms with van der Waals surface area (Å²) in [6.45, 7) is 2.11. The number of rotatable bonds is 5. The molecule has 1 aromatic heterocycles. The van der Waals surface area contributed by atoms with E-state index in [1.54, 1.807) is 16.7 Å². The van der Waals surface area contributed by atoms with Gasteiger partial charge in [-0.25, -0.2) is 8.42 Å². The first-order chi connectivity index (χ1) is 14.9. The topological polar surface area (TPSA) is 103 Å². The van der Waals surface area contributed by atoms with Crippen LogP contribution < -0.4 is 5.32 Å². The predicted octanol–water partition coefficient (Wildman–Crippen LogP) is 2.05. The summed E-state index contributed by atoms with van der Waals surface area (Å²) in [5.41, 5.74) is 0.301. The van der Waals surface area contributed by atoms with Crippen LogP contribution in [-0.2, 0) is 14.8 Å². The lowest BCUT2D eigenvalue weighted by Crippen LogP contribution is -2.48. The van der Waals surface area contributed by atoms with Crippen LogP contribution in [0, 0.1) is 5.92 Å². The van der Waals surface area contributed by atoms with Crippen LogP contribution in [0.5, 0.6) is 0 Å². The molecule has 1 aromatic rings. The summed E-state index contributed by atoms with van der Waals surface area (Å²) in [5.74, 6) is 1.71. The van der Waals surface area contributed by atoms with Crippen molar-refractivity contribution in [1.82, 2.24) is 19.5 Å². The van der Waals surface area contributed by atoms with Crippen molar-refractivity contribution in [2.45, 2.75) is 55.9 Å². The Kier molecular flexibility index (Phi) is 7.28. The molecule has 0 unspecified atom stereocenters. The third-order valence-electron chi connectivity index (χ3n) is 6.60. The maximum atomic E-state index is 12.9. The lowest BCUT2D eigenvalue weighted by molar-refractivity contribution is -0.126. The van der Waals surface area contributed by atoms with E-state index in [0.29, 0.717) is 31.9 Å². The van der Waals surface area contributed by atoms with Crippen LogP contribution in [0.4, 0.5) is 0 Å². The highest BCUT2D eigenvalue weighted by atomic mass is 32.2. The Hall–Kier alpha value is -1.52. The summed E-state index contributed by atoms with van der Waals surface area (Å²) in [4.78, 5) is 30.1. The van der Waals surface area contributed by atoms with Gasteiger partial charge in [-0.2, -0.15) is 16.1 Å². The minimum atomic E-state index is -3.57. The summed E-state index contributed by atoms with van der Waals surface area (Å²) >= 11 is 1.75. The van der Waals surface area contributed by atoms with E-state index in [-0.39, 0.29) is 28.7 Å². The van der Waals surface area contributed by atoms with Gasteiger partial charge in [-0.1, -0.05) is 19.3 Å². The van der Waals surface area contributed by atoms with E-state index in [1.165, 1.54) is 23.0 Å². The molecule has 10 heteroatoms. The first-order valence-corrected chi connectivity index (χ1v) is 13.9. The standard InChI is InChI=1S/C21H32N4O4S2/c26-20(16-4-2-1-3-5-16)23-17-6-8-24(9-7-17)21(27)19-14-18(15-22-19)31(28,29)25-10-12-30-13-11-25/h14-17,22H,1-13H2,(H,23,26). The van der Waals surface area contributed by atoms with E-state index < -0.39 is 10.0 Å². The van der Waals surface area contributed by atoms with Gasteiger partial charge in [-0.15, -0.1) is 0 Å². The second kappa shape index (κ2) is 9.95. The Bertz CT molecular complexity index is 881. The number of H-pyrrole nitrogens is 1. The van der Waals surface area contributed by atoms with Gasteiger partial charge in [0.2, 0.25) is 15.9 Å². The van der Waals surface area contributed by atoms with Crippen LogP contribution in [0.3, 0.4) is 0 Å². The largest absolute Gasteiger partial charge is 0.356 e. The van der Waals surface area contributed by atoms with Crippen molar-refractivity contribution < 1.29 is 18.0 Å². The van der Waals surface area contributed by atoms with Gasteiger partial charge in [0.1, 0.15) is 10.6 Å². The van der Waals surface area contributed by atoms with E-state index in [9.17, 15) is 18.0 Å². The molecule has 1 saturated carbocycles. The molecule has 0 spiro atoms. The fraction of sp³-hybridized carbons (Fsp3) is 0.714. The van der Waals surface area contributed by atoms with E-state index in [4.69, 9.17) is 0 Å². The average Bonchev–Trinajstić information content (AvgIpc) is 3.31. The molecular weight excluding hydrogens is 436 g/mol. The molecule has 8 nitrogen and oxygen atoms in total. The first kappa shape index (κ1) is 22.7. The Morgan fingerprint density at radius 2 is 1.68 bits per heavy atom. The maximum absolute atomic E-state index is 12.9. The number of thioether (sulfide) groups is 1. The van der Waals surface area contributed by atoms with Gasteiger partial charge < -0.3 is 15.2 Å². The van der Waals surface area contributed by atoms with Crippen LogP contribution in [0.2, 0.25) is 0 Å². The third kappa shape index (κ3) is 5.28. The molecule has 31 heavy (non-hydrogen) atoms. The number of hydrogen-bond acceptors (Lipinski definition) is 5. The number of sulfonamides is 1. The molecule has 3 aliphatic rings. The van der Waals surface area contributed by atoms with Crippen molar-refractivity contribution in [1.29, 1.82) is 0 Å². The van der Waals surface area contributed by atoms with Crippen molar-refractivity contribution >= 4 is 33.6 Å². The number of nitrogens with one attached hydrogen (secondary N) is 2. The number of hydrogen-bond donors (Lipinski definition) is 2. The zero-order chi connectivity index (χ0) is 21.8. The average molecular weight is 469 g/mol. The van der Waals surface area contributed by atoms with E-state index in [2.05, 4.69) is 10.3 Å². The number of likely N-dealkylation sites (tertiary alicyclic amines) is 1. The number of aromatic nitrogens is 1. The molecule has 2 amide bonds. The fourth-order valence-electron chi connectivity index (χ4n) is 4.66. The predicted molar refractivity (Wildman–Crippen MR) is 121 cm³/mol. The lowest BCUT2D eigenvalue weighted by atomic mass is 9.88. The molecule has 2 saturated heterocycles. The molecule has 172 valence electrons. The van der Waals surface area contributed by atoms with Crippen molar-refractivity contribution in [3.8, 4) is 0 Å². The zero-order valence-corrected chi connectivity index (χ0v) is 19.5. The first-order valence-electron chi connectivity index (χ1n) is 11.3. The molecule has 1 aliphatic carbocycles. The summed E-state index contributed by atoms with van der Waals surface area (Å²) in [5, 5.41) is 3.18. The quantitative estimate of drug-likeness (QED) is 0.689. The Morgan fingerprint density at radius 1 is 1.00 bits per heavy atom. The molecule has 0 bridgehead atoms. The molecular formula is C21H32N4O4S2. The minimum absolute atomic E-state index is 0.107. The van der Waals surface area contributed by atoms with Gasteiger partial charge in [0.25, 0.3) is 5.91 Å². The molecule has 3 fully saturated rings. The number of piperidine rings is 1. The summed E-state index contributed by atoms with van der Waals surface area (Å²) in [6.07, 6.45) is 8.33. The van der Waals surface area contributed by atoms with Gasteiger partial charge in [-0.05, 0) is 31.7 Å². The molecule has 2 aliphatic heterocycles. The number of carbonyl (C=O) groups is 2. The van der Waals surface area contributed by atoms with Gasteiger partial charge in [0, 0.05) is 55.8 Å². The molecule has 3 heterocycles. The van der Waals surface area contributed by atoms with Crippen molar-refractivity contribution in [2.75, 3.05) is 37.7 Å². The summed E-state index contributed by atoms with van der Waals surface area (Å²) in [6, 6.07) is 1.56. The zero-order valence-electron chi connectivity index (χ0n) is 17.8. The normalized spacial score (nSPS) is 22.4. The van der Waals surface area contributed by atoms with Crippen molar-refractivity contribution in [3.05, 3.63) is 18.0 Å². The SMILES string of the molecule is O=C(NC1CCN(C(=O)c2cc(S(=O)(=O)N3CCSCC3)c[nH]2)CC1)C1CCCCC1. The molecule has 0 aromatic carbocycles. The maximum Gasteiger partial charge on any atom is 0.270 e. The Labute approximate surface area is 188 Å². The monoisotopic (exact) mass is 468 g/mol. The molecule has 2 N–H and O–H groups in total. The van der Waals surface area contributed by atoms with Crippen LogP contribution >= 0.6 is 11.8 Å². The van der Waals surface area contributed by atoms with Gasteiger partial charge >= 0.3 is 0 Å². The van der Waals surface area contributed by atoms with E-state index >= 15 is 0 Å². The smallest absolute Gasteiger partial charge is 0.270 e.